The van der Waals surface area contributed by atoms with Crippen molar-refractivity contribution in [3.05, 3.63) is 57.8 Å². The van der Waals surface area contributed by atoms with Crippen molar-refractivity contribution >= 4 is 52.9 Å². The van der Waals surface area contributed by atoms with Crippen LogP contribution in [-0.2, 0) is 43.4 Å². The summed E-state index contributed by atoms with van der Waals surface area (Å²) < 4.78 is 0. The summed E-state index contributed by atoms with van der Waals surface area (Å²) in [6.45, 7) is 0.745. The normalized spacial score (nSPS) is 21.3. The third-order valence-electron chi connectivity index (χ3n) is 10.7. The van der Waals surface area contributed by atoms with E-state index in [0.29, 0.717) is 38.6 Å². The summed E-state index contributed by atoms with van der Waals surface area (Å²) in [4.78, 5) is 81.4. The van der Waals surface area contributed by atoms with Gasteiger partial charge in [0.05, 0.1) is 0 Å². The highest BCUT2D eigenvalue weighted by Gasteiger charge is 2.51. The van der Waals surface area contributed by atoms with Crippen LogP contribution in [0.15, 0.2) is 51.8 Å². The third kappa shape index (κ3) is 11.0. The minimum Gasteiger partial charge on any atom is -0.480 e. The molecule has 11 N–H and O–H groups in total. The van der Waals surface area contributed by atoms with Gasteiger partial charge in [0, 0.05) is 49.8 Å². The number of likely N-dealkylation sites (tertiary alicyclic amines) is 1. The number of benzene rings is 1. The second-order valence-electron chi connectivity index (χ2n) is 14.6. The predicted octanol–water partition coefficient (Wildman–Crippen LogP) is 0.955. The molecule has 16 nitrogen and oxygen atoms in total. The Bertz CT molecular complexity index is 1730. The first-order chi connectivity index (χ1) is 26.4. The number of nitrogens with zero attached hydrogens (tertiary/aromatic N) is 4. The van der Waals surface area contributed by atoms with E-state index in [1.54, 1.807) is 9.80 Å². The first-order valence-electron chi connectivity index (χ1n) is 19.1. The zero-order valence-electron chi connectivity index (χ0n) is 31.1. The van der Waals surface area contributed by atoms with E-state index in [9.17, 15) is 24.3 Å². The molecule has 3 aliphatic rings. The Morgan fingerprint density at radius 1 is 0.855 bits per heavy atom. The fourth-order valence-corrected chi connectivity index (χ4v) is 8.84. The summed E-state index contributed by atoms with van der Waals surface area (Å²) in [5.74, 6) is -2.82. The van der Waals surface area contributed by atoms with Crippen molar-refractivity contribution in [1.29, 1.82) is 0 Å². The van der Waals surface area contributed by atoms with Crippen molar-refractivity contribution in [2.45, 2.75) is 114 Å². The van der Waals surface area contributed by atoms with Gasteiger partial charge in [-0.25, -0.2) is 4.79 Å². The molecule has 0 bridgehead atoms. The molecule has 55 heavy (non-hydrogen) atoms. The lowest BCUT2D eigenvalue weighted by Gasteiger charge is -2.42. The summed E-state index contributed by atoms with van der Waals surface area (Å²) in [5, 5.41) is 17.5. The average Bonchev–Trinajstić information content (AvgIpc) is 3.82. The lowest BCUT2D eigenvalue weighted by Crippen LogP contribution is -2.61. The lowest BCUT2D eigenvalue weighted by molar-refractivity contribution is -0.153. The molecular weight excluding hydrogens is 725 g/mol. The van der Waals surface area contributed by atoms with Crippen LogP contribution in [0.5, 0.6) is 0 Å². The molecule has 3 heterocycles. The number of fused-ring (bicyclic) bond motifs is 2. The van der Waals surface area contributed by atoms with Crippen LogP contribution in [-0.4, -0.2) is 99.7 Å². The number of hydrogen-bond donors (Lipinski definition) is 7. The standard InChI is InChI=1S/C38H54N10O6S/c39-37(40)43-16-6-5-15-32(49)45-28(21-26-12-8-18-55-26)34(51)47-22-25-11-2-1-9-23(25)19-31(47)35(52)48-29-14-4-3-10-24(29)20-30(48)33(50)46-27(36(53)54)13-7-17-44-38(41)42/h1-2,8-9,11-12,18,24,27-31H,3-7,10,13-17,19-22H2,(H,45,49)(H,46,50)(H,53,54)(H4,39,40,43)(H4,41,42,44)/t24-,27-,28-,29-,30-,31+/m0/s1. The number of unbranched alkanes of at least 4 members (excludes halogenated alkanes) is 1. The smallest absolute Gasteiger partial charge is 0.326 e. The maximum Gasteiger partial charge on any atom is 0.326 e. The van der Waals surface area contributed by atoms with E-state index in [4.69, 9.17) is 22.9 Å². The molecule has 6 atom stereocenters. The van der Waals surface area contributed by atoms with Crippen molar-refractivity contribution in [3.63, 3.8) is 0 Å². The summed E-state index contributed by atoms with van der Waals surface area (Å²) in [5.41, 5.74) is 23.5. The Labute approximate surface area is 325 Å². The summed E-state index contributed by atoms with van der Waals surface area (Å²) >= 11 is 1.48. The summed E-state index contributed by atoms with van der Waals surface area (Å²) in [7, 11) is 0. The number of carboxylic acids is 1. The summed E-state index contributed by atoms with van der Waals surface area (Å²) in [6.07, 6.45) is 5.98. The van der Waals surface area contributed by atoms with Crippen molar-refractivity contribution in [1.82, 2.24) is 20.4 Å². The van der Waals surface area contributed by atoms with Crippen LogP contribution in [0.25, 0.3) is 0 Å². The van der Waals surface area contributed by atoms with E-state index < -0.39 is 36.0 Å². The van der Waals surface area contributed by atoms with Gasteiger partial charge in [0.25, 0.3) is 0 Å². The van der Waals surface area contributed by atoms with Gasteiger partial charge in [-0.3, -0.25) is 29.2 Å². The Balaban J connectivity index is 1.41. The van der Waals surface area contributed by atoms with E-state index >= 15 is 4.79 Å². The number of carboxylic acid groups (broad SMARTS) is 1. The van der Waals surface area contributed by atoms with Crippen molar-refractivity contribution in [2.75, 3.05) is 13.1 Å². The number of rotatable bonds is 17. The van der Waals surface area contributed by atoms with E-state index in [0.717, 1.165) is 35.3 Å². The molecule has 2 aliphatic heterocycles. The number of carbonyl (C=O) groups is 5. The molecule has 0 radical (unpaired) electrons. The van der Waals surface area contributed by atoms with Gasteiger partial charge >= 0.3 is 5.97 Å². The molecule has 5 rings (SSSR count). The van der Waals surface area contributed by atoms with Crippen molar-refractivity contribution < 1.29 is 29.1 Å². The second kappa shape index (κ2) is 19.4. The number of amides is 4. The first kappa shape index (κ1) is 41.0. The minimum atomic E-state index is -1.20. The Morgan fingerprint density at radius 3 is 2.25 bits per heavy atom. The molecule has 0 unspecified atom stereocenters. The second-order valence-corrected chi connectivity index (χ2v) is 15.6. The molecule has 1 aliphatic carbocycles. The molecule has 298 valence electrons. The Hall–Kier alpha value is -5.19. The quantitative estimate of drug-likeness (QED) is 0.0679. The van der Waals surface area contributed by atoms with Crippen molar-refractivity contribution in [2.24, 2.45) is 38.8 Å². The van der Waals surface area contributed by atoms with Crippen LogP contribution in [0.1, 0.15) is 80.2 Å². The Kier molecular flexibility index (Phi) is 14.5. The minimum absolute atomic E-state index is 0.0152. The first-order valence-corrected chi connectivity index (χ1v) is 20.0. The van der Waals surface area contributed by atoms with Crippen LogP contribution < -0.4 is 33.6 Å². The van der Waals surface area contributed by atoms with Gasteiger partial charge in [0.15, 0.2) is 11.9 Å². The molecule has 1 aromatic heterocycles. The highest BCUT2D eigenvalue weighted by molar-refractivity contribution is 7.09. The molecule has 1 aromatic carbocycles. The van der Waals surface area contributed by atoms with Gasteiger partial charge in [0.2, 0.25) is 23.6 Å². The monoisotopic (exact) mass is 778 g/mol. The number of nitrogens with one attached hydrogen (secondary N) is 2. The van der Waals surface area contributed by atoms with Gasteiger partial charge in [-0.2, -0.15) is 0 Å². The summed E-state index contributed by atoms with van der Waals surface area (Å²) in [6, 6.07) is 7.23. The molecular formula is C38H54N10O6S. The van der Waals surface area contributed by atoms with Gasteiger partial charge in [-0.15, -0.1) is 11.3 Å². The fourth-order valence-electron chi connectivity index (χ4n) is 8.09. The van der Waals surface area contributed by atoms with Gasteiger partial charge in [0.1, 0.15) is 24.2 Å². The number of aliphatic imine (C=N–C) groups is 2. The van der Waals surface area contributed by atoms with E-state index in [2.05, 4.69) is 20.6 Å². The highest BCUT2D eigenvalue weighted by atomic mass is 32.1. The number of aliphatic carboxylic acids is 1. The Morgan fingerprint density at radius 2 is 1.56 bits per heavy atom. The van der Waals surface area contributed by atoms with Gasteiger partial charge in [-0.05, 0) is 73.4 Å². The van der Waals surface area contributed by atoms with Crippen molar-refractivity contribution in [3.8, 4) is 0 Å². The van der Waals surface area contributed by atoms with Crippen LogP contribution in [0.3, 0.4) is 0 Å². The molecule has 1 saturated heterocycles. The number of thiophene rings is 1. The van der Waals surface area contributed by atoms with E-state index in [-0.39, 0.29) is 80.4 Å². The fraction of sp³-hybridized carbons (Fsp3) is 0.553. The predicted molar refractivity (Wildman–Crippen MR) is 209 cm³/mol. The maximum absolute atomic E-state index is 15.1. The molecule has 4 amide bonds. The van der Waals surface area contributed by atoms with Crippen LogP contribution in [0, 0.1) is 5.92 Å². The lowest BCUT2D eigenvalue weighted by atomic mass is 9.84. The molecule has 0 spiro atoms. The largest absolute Gasteiger partial charge is 0.480 e. The van der Waals surface area contributed by atoms with Gasteiger partial charge < -0.3 is 48.5 Å². The van der Waals surface area contributed by atoms with Crippen LogP contribution in [0.2, 0.25) is 0 Å². The zero-order valence-corrected chi connectivity index (χ0v) is 31.9. The topological polar surface area (TPSA) is 265 Å². The maximum atomic E-state index is 15.1. The molecule has 1 saturated carbocycles. The SMILES string of the molecule is NC(N)=NCCCCC(=O)N[C@@H](Cc1cccs1)C(=O)N1Cc2ccccc2C[C@@H]1C(=O)N1[C@H](C(=O)N[C@@H](CCCN=C(N)N)C(=O)O)C[C@@H]2CCCC[C@@H]21. The molecule has 2 aromatic rings. The number of nitrogens with two attached hydrogens (primary N) is 4. The van der Waals surface area contributed by atoms with Crippen LogP contribution >= 0.6 is 11.3 Å². The number of carbonyl (C=O) groups excluding carboxylic acids is 4. The molecule has 2 fully saturated rings. The number of hydrogen-bond acceptors (Lipinski definition) is 8. The number of guanidine groups is 2. The zero-order chi connectivity index (χ0) is 39.5. The van der Waals surface area contributed by atoms with E-state index in [1.807, 2.05) is 41.8 Å². The van der Waals surface area contributed by atoms with Gasteiger partial charge in [-0.1, -0.05) is 43.2 Å². The van der Waals surface area contributed by atoms with Crippen LogP contribution in [0.4, 0.5) is 0 Å². The average molecular weight is 779 g/mol. The molecule has 17 heteroatoms. The highest BCUT2D eigenvalue weighted by Crippen LogP contribution is 2.41. The van der Waals surface area contributed by atoms with E-state index in [1.165, 1.54) is 11.3 Å². The third-order valence-corrected chi connectivity index (χ3v) is 11.6.